The first-order valence-electron chi connectivity index (χ1n) is 8.77. The molecule has 0 radical (unpaired) electrons. The molecule has 0 saturated carbocycles. The van der Waals surface area contributed by atoms with E-state index in [1.54, 1.807) is 30.3 Å². The summed E-state index contributed by atoms with van der Waals surface area (Å²) in [6, 6.07) is 11.2. The van der Waals surface area contributed by atoms with Crippen molar-refractivity contribution in [3.8, 4) is 11.5 Å². The van der Waals surface area contributed by atoms with E-state index in [1.807, 2.05) is 6.92 Å². The fourth-order valence-corrected chi connectivity index (χ4v) is 2.93. The first-order chi connectivity index (χ1) is 13.4. The summed E-state index contributed by atoms with van der Waals surface area (Å²) in [4.78, 5) is 37.1. The van der Waals surface area contributed by atoms with Crippen LogP contribution in [0.2, 0.25) is 0 Å². The van der Waals surface area contributed by atoms with E-state index < -0.39 is 24.3 Å². The van der Waals surface area contributed by atoms with E-state index in [2.05, 4.69) is 0 Å². The molecule has 0 unspecified atom stereocenters. The highest BCUT2D eigenvalue weighted by Gasteiger charge is 2.35. The van der Waals surface area contributed by atoms with Gasteiger partial charge in [0.1, 0.15) is 18.0 Å². The highest BCUT2D eigenvalue weighted by atomic mass is 16.5. The number of benzene rings is 2. The second kappa shape index (κ2) is 7.96. The van der Waals surface area contributed by atoms with Crippen molar-refractivity contribution in [3.05, 3.63) is 59.2 Å². The number of hydrogen-bond donors (Lipinski definition) is 2. The SMILES string of the molecule is CCCOc1ccc(/C=C2\C(=O)N(CC(=O)O)C(=O)c3ccccc32)c(O)c1. The summed E-state index contributed by atoms with van der Waals surface area (Å²) in [6.45, 7) is 1.74. The molecule has 7 heteroatoms. The van der Waals surface area contributed by atoms with E-state index in [0.29, 0.717) is 28.4 Å². The molecule has 0 atom stereocenters. The molecule has 2 amide bonds. The number of nitrogens with zero attached hydrogens (tertiary/aromatic N) is 1. The van der Waals surface area contributed by atoms with Gasteiger partial charge < -0.3 is 14.9 Å². The van der Waals surface area contributed by atoms with E-state index in [1.165, 1.54) is 18.2 Å². The Kier molecular flexibility index (Phi) is 5.44. The van der Waals surface area contributed by atoms with Gasteiger partial charge in [-0.2, -0.15) is 0 Å². The first-order valence-corrected chi connectivity index (χ1v) is 8.77. The van der Waals surface area contributed by atoms with E-state index >= 15 is 0 Å². The molecule has 144 valence electrons. The zero-order valence-corrected chi connectivity index (χ0v) is 15.2. The van der Waals surface area contributed by atoms with Crippen molar-refractivity contribution in [2.45, 2.75) is 13.3 Å². The van der Waals surface area contributed by atoms with E-state index in [-0.39, 0.29) is 16.9 Å². The summed E-state index contributed by atoms with van der Waals surface area (Å²) in [5.74, 6) is -2.27. The Bertz CT molecular complexity index is 979. The molecule has 7 nitrogen and oxygen atoms in total. The number of aliphatic carboxylic acids is 1. The minimum atomic E-state index is -1.29. The Hall–Kier alpha value is -3.61. The van der Waals surface area contributed by atoms with Crippen LogP contribution in [-0.2, 0) is 9.59 Å². The van der Waals surface area contributed by atoms with Gasteiger partial charge in [-0.05, 0) is 36.3 Å². The van der Waals surface area contributed by atoms with Crippen LogP contribution in [0.4, 0.5) is 0 Å². The molecule has 0 saturated heterocycles. The molecule has 1 heterocycles. The van der Waals surface area contributed by atoms with Crippen molar-refractivity contribution in [2.75, 3.05) is 13.2 Å². The Morgan fingerprint density at radius 1 is 1.11 bits per heavy atom. The van der Waals surface area contributed by atoms with Crippen molar-refractivity contribution in [1.29, 1.82) is 0 Å². The van der Waals surface area contributed by atoms with Gasteiger partial charge in [0.25, 0.3) is 11.8 Å². The summed E-state index contributed by atoms with van der Waals surface area (Å²) >= 11 is 0. The highest BCUT2D eigenvalue weighted by Crippen LogP contribution is 2.33. The van der Waals surface area contributed by atoms with Crippen LogP contribution in [0.1, 0.15) is 34.8 Å². The third-order valence-corrected chi connectivity index (χ3v) is 4.24. The lowest BCUT2D eigenvalue weighted by molar-refractivity contribution is -0.141. The fraction of sp³-hybridized carbons (Fsp3) is 0.190. The van der Waals surface area contributed by atoms with Crippen LogP contribution in [0.3, 0.4) is 0 Å². The van der Waals surface area contributed by atoms with Gasteiger partial charge in [0.2, 0.25) is 0 Å². The number of phenolic OH excluding ortho intramolecular Hbond substituents is 1. The quantitative estimate of drug-likeness (QED) is 0.589. The molecule has 28 heavy (non-hydrogen) atoms. The lowest BCUT2D eigenvalue weighted by atomic mass is 9.92. The van der Waals surface area contributed by atoms with Crippen LogP contribution in [0.25, 0.3) is 11.6 Å². The molecule has 0 aliphatic carbocycles. The number of carboxylic acid groups (broad SMARTS) is 1. The van der Waals surface area contributed by atoms with Crippen molar-refractivity contribution in [1.82, 2.24) is 4.90 Å². The number of ether oxygens (including phenoxy) is 1. The maximum Gasteiger partial charge on any atom is 0.323 e. The molecular formula is C21H19NO6. The van der Waals surface area contributed by atoms with Crippen LogP contribution in [-0.4, -0.2) is 46.0 Å². The van der Waals surface area contributed by atoms with Gasteiger partial charge in [-0.1, -0.05) is 25.1 Å². The summed E-state index contributed by atoms with van der Waals surface area (Å²) in [5, 5.41) is 19.4. The molecule has 2 aromatic carbocycles. The predicted octanol–water partition coefficient (Wildman–Crippen LogP) is 2.79. The minimum absolute atomic E-state index is 0.0898. The molecular weight excluding hydrogens is 362 g/mol. The van der Waals surface area contributed by atoms with Gasteiger partial charge in [-0.25, -0.2) is 0 Å². The largest absolute Gasteiger partial charge is 0.507 e. The standard InChI is InChI=1S/C21H19NO6/c1-2-9-28-14-8-7-13(18(23)11-14)10-17-15-5-3-4-6-16(15)20(26)22(21(17)27)12-19(24)25/h3-8,10-11,23H,2,9,12H2,1H3,(H,24,25)/b17-10-. The highest BCUT2D eigenvalue weighted by molar-refractivity contribution is 6.34. The number of aromatic hydroxyl groups is 1. The monoisotopic (exact) mass is 381 g/mol. The minimum Gasteiger partial charge on any atom is -0.507 e. The summed E-state index contributed by atoms with van der Waals surface area (Å²) in [7, 11) is 0. The van der Waals surface area contributed by atoms with Crippen molar-refractivity contribution in [3.63, 3.8) is 0 Å². The van der Waals surface area contributed by atoms with E-state index in [4.69, 9.17) is 9.84 Å². The normalized spacial score (nSPS) is 14.9. The number of amides is 2. The van der Waals surface area contributed by atoms with Crippen LogP contribution in [0, 0.1) is 0 Å². The smallest absolute Gasteiger partial charge is 0.323 e. The number of carbonyl (C=O) groups is 3. The number of phenols is 1. The van der Waals surface area contributed by atoms with E-state index in [0.717, 1.165) is 6.42 Å². The topological polar surface area (TPSA) is 104 Å². The van der Waals surface area contributed by atoms with Crippen molar-refractivity contribution < 1.29 is 29.3 Å². The second-order valence-corrected chi connectivity index (χ2v) is 6.26. The number of carboxylic acids is 1. The van der Waals surface area contributed by atoms with Crippen molar-refractivity contribution in [2.24, 2.45) is 0 Å². The Labute approximate surface area is 161 Å². The molecule has 0 fully saturated rings. The molecule has 1 aliphatic heterocycles. The number of fused-ring (bicyclic) bond motifs is 1. The first kappa shape index (κ1) is 19.2. The fourth-order valence-electron chi connectivity index (χ4n) is 2.93. The predicted molar refractivity (Wildman–Crippen MR) is 102 cm³/mol. The second-order valence-electron chi connectivity index (χ2n) is 6.26. The third kappa shape index (κ3) is 3.73. The molecule has 1 aliphatic rings. The molecule has 0 bridgehead atoms. The zero-order chi connectivity index (χ0) is 20.3. The summed E-state index contributed by atoms with van der Waals surface area (Å²) in [6.07, 6.45) is 2.27. The molecule has 0 aromatic heterocycles. The molecule has 2 N–H and O–H groups in total. The molecule has 0 spiro atoms. The average molecular weight is 381 g/mol. The van der Waals surface area contributed by atoms with E-state index in [9.17, 15) is 19.5 Å². The van der Waals surface area contributed by atoms with Gasteiger partial charge >= 0.3 is 5.97 Å². The average Bonchev–Trinajstić information content (AvgIpc) is 2.68. The maximum atomic E-state index is 12.8. The van der Waals surface area contributed by atoms with Gasteiger partial charge in [0, 0.05) is 22.8 Å². The Morgan fingerprint density at radius 2 is 1.82 bits per heavy atom. The van der Waals surface area contributed by atoms with Crippen LogP contribution < -0.4 is 4.74 Å². The van der Waals surface area contributed by atoms with Crippen LogP contribution >= 0.6 is 0 Å². The Balaban J connectivity index is 2.06. The number of rotatable bonds is 6. The lowest BCUT2D eigenvalue weighted by Crippen LogP contribution is -2.44. The number of carbonyl (C=O) groups excluding carboxylic acids is 2. The lowest BCUT2D eigenvalue weighted by Gasteiger charge is -2.27. The zero-order valence-electron chi connectivity index (χ0n) is 15.2. The Morgan fingerprint density at radius 3 is 2.46 bits per heavy atom. The van der Waals surface area contributed by atoms with Crippen molar-refractivity contribution >= 4 is 29.4 Å². The van der Waals surface area contributed by atoms with Gasteiger partial charge in [0.05, 0.1) is 6.61 Å². The summed E-state index contributed by atoms with van der Waals surface area (Å²) < 4.78 is 5.47. The molecule has 2 aromatic rings. The summed E-state index contributed by atoms with van der Waals surface area (Å²) in [5.41, 5.74) is 1.11. The van der Waals surface area contributed by atoms with Gasteiger partial charge in [-0.15, -0.1) is 0 Å². The third-order valence-electron chi connectivity index (χ3n) is 4.24. The van der Waals surface area contributed by atoms with Gasteiger partial charge in [0.15, 0.2) is 0 Å². The van der Waals surface area contributed by atoms with Gasteiger partial charge in [-0.3, -0.25) is 19.3 Å². The number of hydrogen-bond acceptors (Lipinski definition) is 5. The maximum absolute atomic E-state index is 12.8. The molecule has 3 rings (SSSR count). The van der Waals surface area contributed by atoms with Crippen LogP contribution in [0.5, 0.6) is 11.5 Å². The number of imide groups is 1. The van der Waals surface area contributed by atoms with Crippen LogP contribution in [0.15, 0.2) is 42.5 Å².